The molecular formula is C13H21N3. The molecule has 1 saturated carbocycles. The fourth-order valence-electron chi connectivity index (χ4n) is 2.09. The first kappa shape index (κ1) is 11.4. The second-order valence-electron chi connectivity index (χ2n) is 5.35. The largest absolute Gasteiger partial charge is 0.373 e. The summed E-state index contributed by atoms with van der Waals surface area (Å²) in [6.45, 7) is 6.75. The van der Waals surface area contributed by atoms with E-state index in [2.05, 4.69) is 42.1 Å². The van der Waals surface area contributed by atoms with Gasteiger partial charge in [0.1, 0.15) is 11.6 Å². The van der Waals surface area contributed by atoms with Crippen LogP contribution in [0, 0.1) is 5.41 Å². The molecule has 2 rings (SSSR count). The molecule has 0 bridgehead atoms. The van der Waals surface area contributed by atoms with Crippen LogP contribution in [0.25, 0.3) is 0 Å². The summed E-state index contributed by atoms with van der Waals surface area (Å²) in [5, 5.41) is 3.13. The minimum atomic E-state index is 0.399. The molecule has 1 atom stereocenters. The lowest BCUT2D eigenvalue weighted by Crippen LogP contribution is -2.04. The Morgan fingerprint density at radius 2 is 2.12 bits per heavy atom. The van der Waals surface area contributed by atoms with E-state index in [-0.39, 0.29) is 0 Å². The summed E-state index contributed by atoms with van der Waals surface area (Å²) in [4.78, 5) is 9.25. The van der Waals surface area contributed by atoms with Crippen molar-refractivity contribution in [2.75, 3.05) is 12.4 Å². The van der Waals surface area contributed by atoms with E-state index >= 15 is 0 Å². The number of aromatic nitrogens is 2. The number of aryl methyl sites for hydroxylation is 1. The molecule has 0 aliphatic heterocycles. The molecule has 3 nitrogen and oxygen atoms in total. The van der Waals surface area contributed by atoms with Gasteiger partial charge in [0, 0.05) is 24.7 Å². The maximum atomic E-state index is 4.68. The lowest BCUT2D eigenvalue weighted by molar-refractivity contribution is 0.606. The zero-order valence-electron chi connectivity index (χ0n) is 10.7. The van der Waals surface area contributed by atoms with Gasteiger partial charge < -0.3 is 5.32 Å². The Balaban J connectivity index is 2.27. The van der Waals surface area contributed by atoms with Crippen LogP contribution in [0.4, 0.5) is 5.82 Å². The van der Waals surface area contributed by atoms with Gasteiger partial charge in [-0.05, 0) is 18.3 Å². The third kappa shape index (κ3) is 2.18. The molecule has 1 aromatic rings. The Morgan fingerprint density at radius 3 is 2.62 bits per heavy atom. The second-order valence-corrected chi connectivity index (χ2v) is 5.35. The molecule has 0 aromatic carbocycles. The predicted molar refractivity (Wildman–Crippen MR) is 66.7 cm³/mol. The number of hydrogen-bond donors (Lipinski definition) is 1. The van der Waals surface area contributed by atoms with E-state index in [1.54, 1.807) is 0 Å². The van der Waals surface area contributed by atoms with Gasteiger partial charge in [0.15, 0.2) is 0 Å². The summed E-state index contributed by atoms with van der Waals surface area (Å²) < 4.78 is 0. The van der Waals surface area contributed by atoms with Crippen LogP contribution < -0.4 is 5.32 Å². The van der Waals surface area contributed by atoms with Crippen molar-refractivity contribution in [3.05, 3.63) is 17.6 Å². The summed E-state index contributed by atoms with van der Waals surface area (Å²) in [6.07, 6.45) is 3.39. The van der Waals surface area contributed by atoms with Gasteiger partial charge in [0.2, 0.25) is 0 Å². The number of nitrogens with zero attached hydrogens (tertiary/aromatic N) is 2. The lowest BCUT2D eigenvalue weighted by Gasteiger charge is -2.08. The number of hydrogen-bond acceptors (Lipinski definition) is 3. The van der Waals surface area contributed by atoms with Gasteiger partial charge in [0.05, 0.1) is 0 Å². The highest BCUT2D eigenvalue weighted by molar-refractivity contribution is 5.37. The third-order valence-electron chi connectivity index (χ3n) is 3.38. The number of rotatable bonds is 4. The highest BCUT2D eigenvalue weighted by Crippen LogP contribution is 2.57. The molecule has 1 unspecified atom stereocenters. The zero-order valence-corrected chi connectivity index (χ0v) is 10.7. The third-order valence-corrected chi connectivity index (χ3v) is 3.38. The molecular weight excluding hydrogens is 198 g/mol. The van der Waals surface area contributed by atoms with E-state index < -0.39 is 0 Å². The average Bonchev–Trinajstić information content (AvgIpc) is 2.88. The molecule has 16 heavy (non-hydrogen) atoms. The summed E-state index contributed by atoms with van der Waals surface area (Å²) in [5.74, 6) is 2.54. The summed E-state index contributed by atoms with van der Waals surface area (Å²) in [5.41, 5.74) is 1.56. The Labute approximate surface area is 97.7 Å². The van der Waals surface area contributed by atoms with Crippen molar-refractivity contribution in [3.8, 4) is 0 Å². The van der Waals surface area contributed by atoms with Crippen LogP contribution in [-0.2, 0) is 6.42 Å². The van der Waals surface area contributed by atoms with Gasteiger partial charge >= 0.3 is 0 Å². The maximum absolute atomic E-state index is 4.68. The molecule has 88 valence electrons. The van der Waals surface area contributed by atoms with Gasteiger partial charge in [0.25, 0.3) is 0 Å². The van der Waals surface area contributed by atoms with E-state index in [0.717, 1.165) is 24.5 Å². The molecule has 0 amide bonds. The number of nitrogens with one attached hydrogen (secondary N) is 1. The molecule has 0 spiro atoms. The van der Waals surface area contributed by atoms with Crippen LogP contribution >= 0.6 is 0 Å². The first-order valence-electron chi connectivity index (χ1n) is 6.12. The minimum absolute atomic E-state index is 0.399. The van der Waals surface area contributed by atoms with E-state index in [0.29, 0.717) is 11.3 Å². The average molecular weight is 219 g/mol. The predicted octanol–water partition coefficient (Wildman–Crippen LogP) is 2.98. The topological polar surface area (TPSA) is 37.8 Å². The maximum Gasteiger partial charge on any atom is 0.134 e. The lowest BCUT2D eigenvalue weighted by atomic mass is 10.1. The van der Waals surface area contributed by atoms with Gasteiger partial charge in [-0.2, -0.15) is 0 Å². The van der Waals surface area contributed by atoms with Crippen LogP contribution in [0.3, 0.4) is 0 Å². The first-order valence-corrected chi connectivity index (χ1v) is 6.12. The number of anilines is 1. The SMILES string of the molecule is CCCc1cc(NC)nc(C2CC2(C)C)n1. The minimum Gasteiger partial charge on any atom is -0.373 e. The smallest absolute Gasteiger partial charge is 0.134 e. The second kappa shape index (κ2) is 4.04. The van der Waals surface area contributed by atoms with Gasteiger partial charge in [-0.15, -0.1) is 0 Å². The highest BCUT2D eigenvalue weighted by Gasteiger charge is 2.48. The molecule has 0 saturated heterocycles. The molecule has 3 heteroatoms. The van der Waals surface area contributed by atoms with Crippen molar-refractivity contribution in [3.63, 3.8) is 0 Å². The molecule has 1 fully saturated rings. The van der Waals surface area contributed by atoms with Crippen LogP contribution in [0.5, 0.6) is 0 Å². The van der Waals surface area contributed by atoms with E-state index in [1.165, 1.54) is 12.1 Å². The Hall–Kier alpha value is -1.12. The van der Waals surface area contributed by atoms with Crippen LogP contribution in [0.1, 0.15) is 51.0 Å². The molecule has 1 aliphatic rings. The molecule has 0 radical (unpaired) electrons. The summed E-state index contributed by atoms with van der Waals surface area (Å²) in [7, 11) is 1.92. The Morgan fingerprint density at radius 1 is 1.44 bits per heavy atom. The zero-order chi connectivity index (χ0) is 11.8. The van der Waals surface area contributed by atoms with Crippen molar-refractivity contribution in [2.24, 2.45) is 5.41 Å². The fourth-order valence-corrected chi connectivity index (χ4v) is 2.09. The first-order chi connectivity index (χ1) is 7.56. The molecule has 1 aliphatic carbocycles. The molecule has 1 aromatic heterocycles. The quantitative estimate of drug-likeness (QED) is 0.846. The van der Waals surface area contributed by atoms with Gasteiger partial charge in [-0.25, -0.2) is 9.97 Å². The van der Waals surface area contributed by atoms with Crippen LogP contribution in [0.15, 0.2) is 6.07 Å². The molecule has 1 heterocycles. The summed E-state index contributed by atoms with van der Waals surface area (Å²) >= 11 is 0. The van der Waals surface area contributed by atoms with Crippen LogP contribution in [-0.4, -0.2) is 17.0 Å². The monoisotopic (exact) mass is 219 g/mol. The Bertz CT molecular complexity index is 385. The van der Waals surface area contributed by atoms with Gasteiger partial charge in [-0.1, -0.05) is 27.2 Å². The fraction of sp³-hybridized carbons (Fsp3) is 0.692. The summed E-state index contributed by atoms with van der Waals surface area (Å²) in [6, 6.07) is 2.06. The van der Waals surface area contributed by atoms with Crippen molar-refractivity contribution < 1.29 is 0 Å². The van der Waals surface area contributed by atoms with Crippen molar-refractivity contribution in [1.29, 1.82) is 0 Å². The highest BCUT2D eigenvalue weighted by atomic mass is 15.0. The van der Waals surface area contributed by atoms with E-state index in [1.807, 2.05) is 7.05 Å². The van der Waals surface area contributed by atoms with Crippen molar-refractivity contribution >= 4 is 5.82 Å². The van der Waals surface area contributed by atoms with E-state index in [4.69, 9.17) is 0 Å². The Kier molecular flexibility index (Phi) is 2.87. The van der Waals surface area contributed by atoms with Gasteiger partial charge in [-0.3, -0.25) is 0 Å². The van der Waals surface area contributed by atoms with Crippen molar-refractivity contribution in [1.82, 2.24) is 9.97 Å². The molecule has 1 N–H and O–H groups in total. The van der Waals surface area contributed by atoms with E-state index in [9.17, 15) is 0 Å². The standard InChI is InChI=1S/C13H21N3/c1-5-6-9-7-11(14-4)16-12(15-9)10-8-13(10,2)3/h7,10H,5-6,8H2,1-4H3,(H,14,15,16). The normalized spacial score (nSPS) is 21.9. The van der Waals surface area contributed by atoms with Crippen LogP contribution in [0.2, 0.25) is 0 Å². The van der Waals surface area contributed by atoms with Crippen molar-refractivity contribution in [2.45, 2.75) is 46.0 Å².